The third-order valence-corrected chi connectivity index (χ3v) is 2.98. The molecule has 1 aromatic heterocycles. The van der Waals surface area contributed by atoms with Gasteiger partial charge in [0, 0.05) is 25.3 Å². The largest absolute Gasteiger partial charge is 0.480 e. The summed E-state index contributed by atoms with van der Waals surface area (Å²) in [5, 5.41) is 8.96. The van der Waals surface area contributed by atoms with Crippen LogP contribution in [-0.4, -0.2) is 65.1 Å². The molecule has 1 N–H and O–H groups in total. The lowest BCUT2D eigenvalue weighted by Gasteiger charge is -2.24. The van der Waals surface area contributed by atoms with E-state index in [-0.39, 0.29) is 18.5 Å². The molecule has 0 saturated heterocycles. The molecule has 0 fully saturated rings. The average Bonchev–Trinajstić information content (AvgIpc) is 2.82. The Morgan fingerprint density at radius 2 is 1.95 bits per heavy atom. The standard InChI is InChI=1S/C14H23N3O3/c1-11(2)17-7-5-6-12(17)14(20)16(10-13(18)19)9-8-15(3)4/h5-7,11H,8-10H2,1-4H3,(H,18,19). The number of carbonyl (C=O) groups excluding carboxylic acids is 1. The summed E-state index contributed by atoms with van der Waals surface area (Å²) in [7, 11) is 3.78. The number of carbonyl (C=O) groups is 2. The van der Waals surface area contributed by atoms with Crippen LogP contribution in [0.4, 0.5) is 0 Å². The van der Waals surface area contributed by atoms with Gasteiger partial charge in [-0.1, -0.05) is 0 Å². The first-order valence-corrected chi connectivity index (χ1v) is 6.65. The summed E-state index contributed by atoms with van der Waals surface area (Å²) in [6, 6.07) is 3.69. The number of amides is 1. The number of carboxylic acid groups (broad SMARTS) is 1. The van der Waals surface area contributed by atoms with Crippen molar-refractivity contribution in [1.29, 1.82) is 0 Å². The van der Waals surface area contributed by atoms with Crippen molar-refractivity contribution < 1.29 is 14.7 Å². The highest BCUT2D eigenvalue weighted by atomic mass is 16.4. The summed E-state index contributed by atoms with van der Waals surface area (Å²) in [6.07, 6.45) is 1.84. The molecule has 0 bridgehead atoms. The van der Waals surface area contributed by atoms with Crippen molar-refractivity contribution in [2.45, 2.75) is 19.9 Å². The minimum absolute atomic E-state index is 0.157. The van der Waals surface area contributed by atoms with Crippen LogP contribution in [0.5, 0.6) is 0 Å². The van der Waals surface area contributed by atoms with Crippen LogP contribution in [0.2, 0.25) is 0 Å². The van der Waals surface area contributed by atoms with Gasteiger partial charge in [0.2, 0.25) is 0 Å². The zero-order valence-corrected chi connectivity index (χ0v) is 12.5. The maximum Gasteiger partial charge on any atom is 0.323 e. The van der Waals surface area contributed by atoms with Gasteiger partial charge in [-0.05, 0) is 40.1 Å². The van der Waals surface area contributed by atoms with E-state index in [9.17, 15) is 9.59 Å². The van der Waals surface area contributed by atoms with Gasteiger partial charge >= 0.3 is 5.97 Å². The van der Waals surface area contributed by atoms with E-state index in [2.05, 4.69) is 0 Å². The Kier molecular flexibility index (Phi) is 5.76. The summed E-state index contributed by atoms with van der Waals surface area (Å²) < 4.78 is 1.85. The molecule has 1 aromatic rings. The molecular formula is C14H23N3O3. The van der Waals surface area contributed by atoms with Gasteiger partial charge in [-0.2, -0.15) is 0 Å². The fourth-order valence-electron chi connectivity index (χ4n) is 1.92. The lowest BCUT2D eigenvalue weighted by Crippen LogP contribution is -2.40. The highest BCUT2D eigenvalue weighted by Crippen LogP contribution is 2.13. The molecule has 0 aliphatic carbocycles. The molecule has 0 radical (unpaired) electrons. The lowest BCUT2D eigenvalue weighted by atomic mass is 10.3. The highest BCUT2D eigenvalue weighted by molar-refractivity contribution is 5.94. The maximum absolute atomic E-state index is 12.5. The van der Waals surface area contributed by atoms with E-state index in [4.69, 9.17) is 5.11 Å². The molecule has 0 aliphatic heterocycles. The van der Waals surface area contributed by atoms with E-state index in [1.54, 1.807) is 12.1 Å². The number of hydrogen-bond donors (Lipinski definition) is 1. The van der Waals surface area contributed by atoms with Crippen molar-refractivity contribution in [3.8, 4) is 0 Å². The van der Waals surface area contributed by atoms with Crippen molar-refractivity contribution in [3.05, 3.63) is 24.0 Å². The van der Waals surface area contributed by atoms with Gasteiger partial charge in [0.1, 0.15) is 12.2 Å². The minimum Gasteiger partial charge on any atom is -0.480 e. The third-order valence-electron chi connectivity index (χ3n) is 2.98. The minimum atomic E-state index is -1.00. The first-order chi connectivity index (χ1) is 9.32. The van der Waals surface area contributed by atoms with Crippen molar-refractivity contribution in [2.75, 3.05) is 33.7 Å². The highest BCUT2D eigenvalue weighted by Gasteiger charge is 2.21. The van der Waals surface area contributed by atoms with Crippen LogP contribution in [0, 0.1) is 0 Å². The smallest absolute Gasteiger partial charge is 0.323 e. The Morgan fingerprint density at radius 3 is 2.45 bits per heavy atom. The number of aromatic nitrogens is 1. The molecule has 0 aromatic carbocycles. The summed E-state index contributed by atoms with van der Waals surface area (Å²) in [6.45, 7) is 4.70. The Labute approximate surface area is 119 Å². The topological polar surface area (TPSA) is 65.8 Å². The molecule has 6 heteroatoms. The number of rotatable bonds is 7. The fraction of sp³-hybridized carbons (Fsp3) is 0.571. The molecule has 0 spiro atoms. The Morgan fingerprint density at radius 1 is 1.30 bits per heavy atom. The van der Waals surface area contributed by atoms with Crippen LogP contribution >= 0.6 is 0 Å². The second-order valence-electron chi connectivity index (χ2n) is 5.32. The van der Waals surface area contributed by atoms with Gasteiger partial charge in [0.25, 0.3) is 5.91 Å². The zero-order chi connectivity index (χ0) is 15.3. The molecule has 0 saturated carbocycles. The van der Waals surface area contributed by atoms with E-state index in [0.717, 1.165) is 0 Å². The molecule has 0 unspecified atom stereocenters. The van der Waals surface area contributed by atoms with Crippen molar-refractivity contribution in [3.63, 3.8) is 0 Å². The van der Waals surface area contributed by atoms with Crippen LogP contribution in [0.15, 0.2) is 18.3 Å². The number of nitrogens with zero attached hydrogens (tertiary/aromatic N) is 3. The van der Waals surface area contributed by atoms with Gasteiger partial charge < -0.3 is 19.5 Å². The molecule has 1 heterocycles. The number of carboxylic acids is 1. The Hall–Kier alpha value is -1.82. The van der Waals surface area contributed by atoms with E-state index >= 15 is 0 Å². The molecule has 112 valence electrons. The maximum atomic E-state index is 12.5. The van der Waals surface area contributed by atoms with E-state index < -0.39 is 5.97 Å². The van der Waals surface area contributed by atoms with Crippen molar-refractivity contribution >= 4 is 11.9 Å². The number of likely N-dealkylation sites (N-methyl/N-ethyl adjacent to an activating group) is 1. The van der Waals surface area contributed by atoms with E-state index in [1.807, 2.05) is 43.6 Å². The molecule has 0 atom stereocenters. The normalized spacial score (nSPS) is 11.1. The summed E-state index contributed by atoms with van der Waals surface area (Å²) in [5.74, 6) is -1.24. The predicted molar refractivity (Wildman–Crippen MR) is 76.9 cm³/mol. The van der Waals surface area contributed by atoms with Crippen LogP contribution in [0.1, 0.15) is 30.4 Å². The Bertz CT molecular complexity index is 466. The number of hydrogen-bond acceptors (Lipinski definition) is 3. The summed E-state index contributed by atoms with van der Waals surface area (Å²) in [5.41, 5.74) is 0.528. The second-order valence-corrected chi connectivity index (χ2v) is 5.32. The van der Waals surface area contributed by atoms with Crippen LogP contribution in [0.3, 0.4) is 0 Å². The first-order valence-electron chi connectivity index (χ1n) is 6.65. The van der Waals surface area contributed by atoms with Gasteiger partial charge in [-0.15, -0.1) is 0 Å². The SMILES string of the molecule is CC(C)n1cccc1C(=O)N(CCN(C)C)CC(=O)O. The number of aliphatic carboxylic acids is 1. The molecule has 0 aliphatic rings. The average molecular weight is 281 g/mol. The van der Waals surface area contributed by atoms with Gasteiger partial charge in [-0.3, -0.25) is 9.59 Å². The van der Waals surface area contributed by atoms with Crippen LogP contribution < -0.4 is 0 Å². The summed E-state index contributed by atoms with van der Waals surface area (Å²) in [4.78, 5) is 26.7. The van der Waals surface area contributed by atoms with E-state index in [1.165, 1.54) is 4.90 Å². The molecule has 6 nitrogen and oxygen atoms in total. The van der Waals surface area contributed by atoms with Gasteiger partial charge in [0.05, 0.1) is 0 Å². The van der Waals surface area contributed by atoms with Crippen LogP contribution in [-0.2, 0) is 4.79 Å². The molecule has 20 heavy (non-hydrogen) atoms. The predicted octanol–water partition coefficient (Wildman–Crippen LogP) is 1.16. The molecule has 1 amide bonds. The van der Waals surface area contributed by atoms with E-state index in [0.29, 0.717) is 18.8 Å². The van der Waals surface area contributed by atoms with Crippen molar-refractivity contribution in [2.24, 2.45) is 0 Å². The monoisotopic (exact) mass is 281 g/mol. The Balaban J connectivity index is 2.91. The first kappa shape index (κ1) is 16.2. The molecular weight excluding hydrogens is 258 g/mol. The van der Waals surface area contributed by atoms with Gasteiger partial charge in [-0.25, -0.2) is 0 Å². The van der Waals surface area contributed by atoms with Crippen LogP contribution in [0.25, 0.3) is 0 Å². The molecule has 1 rings (SSSR count). The van der Waals surface area contributed by atoms with Crippen molar-refractivity contribution in [1.82, 2.24) is 14.4 Å². The lowest BCUT2D eigenvalue weighted by molar-refractivity contribution is -0.137. The third kappa shape index (κ3) is 4.38. The quantitative estimate of drug-likeness (QED) is 0.814. The van der Waals surface area contributed by atoms with Gasteiger partial charge in [0.15, 0.2) is 0 Å². The fourth-order valence-corrected chi connectivity index (χ4v) is 1.92. The second kappa shape index (κ2) is 7.09. The summed E-state index contributed by atoms with van der Waals surface area (Å²) >= 11 is 0. The zero-order valence-electron chi connectivity index (χ0n) is 12.5.